The van der Waals surface area contributed by atoms with Crippen molar-refractivity contribution in [2.45, 2.75) is 0 Å². The van der Waals surface area contributed by atoms with Crippen LogP contribution in [-0.4, -0.2) is 19.5 Å². The van der Waals surface area contributed by atoms with Crippen LogP contribution in [0.3, 0.4) is 0 Å². The van der Waals surface area contributed by atoms with Crippen molar-refractivity contribution in [1.82, 2.24) is 19.5 Å². The molecule has 5 heteroatoms. The summed E-state index contributed by atoms with van der Waals surface area (Å²) in [4.78, 5) is 14.5. The van der Waals surface area contributed by atoms with Crippen LogP contribution < -0.4 is 0 Å². The zero-order valence-corrected chi connectivity index (χ0v) is 20.3. The molecule has 0 saturated carbocycles. The van der Waals surface area contributed by atoms with Gasteiger partial charge in [0.1, 0.15) is 5.82 Å². The Bertz CT molecular complexity index is 1820. The largest absolute Gasteiger partial charge is 0.306 e. The summed E-state index contributed by atoms with van der Waals surface area (Å²) in [7, 11) is 0. The Morgan fingerprint density at radius 2 is 0.921 bits per heavy atom. The van der Waals surface area contributed by atoms with E-state index in [2.05, 4.69) is 12.1 Å². The van der Waals surface area contributed by atoms with Crippen molar-refractivity contribution in [3.05, 3.63) is 133 Å². The molecule has 5 aromatic carbocycles. The number of nitrogens with zero attached hydrogens (tertiary/aromatic N) is 4. The van der Waals surface area contributed by atoms with Gasteiger partial charge in [0.05, 0.1) is 16.7 Å². The van der Waals surface area contributed by atoms with Gasteiger partial charge in [-0.2, -0.15) is 0 Å². The second kappa shape index (κ2) is 9.05. The van der Waals surface area contributed by atoms with Gasteiger partial charge in [-0.25, -0.2) is 19.3 Å². The molecule has 0 bridgehead atoms. The van der Waals surface area contributed by atoms with Crippen LogP contribution in [-0.2, 0) is 0 Å². The minimum Gasteiger partial charge on any atom is -0.306 e. The quantitative estimate of drug-likeness (QED) is 0.249. The van der Waals surface area contributed by atoms with Crippen LogP contribution in [0.1, 0.15) is 0 Å². The van der Waals surface area contributed by atoms with Gasteiger partial charge in [-0.3, -0.25) is 0 Å². The zero-order valence-electron chi connectivity index (χ0n) is 20.3. The first-order valence-corrected chi connectivity index (χ1v) is 12.4. The van der Waals surface area contributed by atoms with E-state index in [0.29, 0.717) is 28.7 Å². The van der Waals surface area contributed by atoms with Gasteiger partial charge in [0.2, 0.25) is 0 Å². The molecule has 7 rings (SSSR count). The van der Waals surface area contributed by atoms with Crippen LogP contribution in [0.25, 0.3) is 61.7 Å². The van der Waals surface area contributed by atoms with E-state index in [4.69, 9.17) is 15.0 Å². The first kappa shape index (κ1) is 22.1. The molecule has 180 valence electrons. The van der Waals surface area contributed by atoms with E-state index in [1.807, 2.05) is 108 Å². The normalized spacial score (nSPS) is 11.3. The molecule has 2 aromatic heterocycles. The summed E-state index contributed by atoms with van der Waals surface area (Å²) in [5.74, 6) is 1.13. The Labute approximate surface area is 218 Å². The van der Waals surface area contributed by atoms with E-state index >= 15 is 4.39 Å². The van der Waals surface area contributed by atoms with E-state index in [1.54, 1.807) is 6.07 Å². The summed E-state index contributed by atoms with van der Waals surface area (Å²) in [6, 6.07) is 40.8. The van der Waals surface area contributed by atoms with E-state index in [-0.39, 0.29) is 5.82 Å². The highest BCUT2D eigenvalue weighted by molar-refractivity contribution is 6.09. The maximum Gasteiger partial charge on any atom is 0.166 e. The molecule has 0 radical (unpaired) electrons. The second-order valence-corrected chi connectivity index (χ2v) is 9.04. The standard InChI is InChI=1S/C33H21FN4/c34-27-19-11-18-26(30(27)38-28-20-9-7-16-24(28)25-17-8-10-21-29(25)38)33-36-31(22-12-3-1-4-13-22)35-32(37-33)23-14-5-2-6-15-23/h1-21H. The first-order chi connectivity index (χ1) is 18.8. The van der Waals surface area contributed by atoms with Crippen LogP contribution in [0, 0.1) is 5.82 Å². The van der Waals surface area contributed by atoms with Crippen LogP contribution in [0.4, 0.5) is 4.39 Å². The van der Waals surface area contributed by atoms with Gasteiger partial charge in [-0.15, -0.1) is 0 Å². The lowest BCUT2D eigenvalue weighted by Gasteiger charge is -2.15. The van der Waals surface area contributed by atoms with E-state index < -0.39 is 0 Å². The number of fused-ring (bicyclic) bond motifs is 3. The Kier molecular flexibility index (Phi) is 5.26. The van der Waals surface area contributed by atoms with Crippen LogP contribution in [0.15, 0.2) is 127 Å². The molecule has 0 atom stereocenters. The Balaban J connectivity index is 1.55. The lowest BCUT2D eigenvalue weighted by molar-refractivity contribution is 0.621. The molecule has 0 unspecified atom stereocenters. The number of hydrogen-bond donors (Lipinski definition) is 0. The maximum atomic E-state index is 15.9. The van der Waals surface area contributed by atoms with Crippen LogP contribution >= 0.6 is 0 Å². The minimum atomic E-state index is -0.350. The van der Waals surface area contributed by atoms with Crippen molar-refractivity contribution in [3.63, 3.8) is 0 Å². The number of hydrogen-bond acceptors (Lipinski definition) is 3. The molecule has 0 aliphatic carbocycles. The average Bonchev–Trinajstić information content (AvgIpc) is 3.32. The third kappa shape index (κ3) is 3.64. The molecule has 4 nitrogen and oxygen atoms in total. The summed E-state index contributed by atoms with van der Waals surface area (Å²) in [5.41, 5.74) is 4.56. The molecule has 0 saturated heterocycles. The van der Waals surface area contributed by atoms with E-state index in [0.717, 1.165) is 32.9 Å². The number of para-hydroxylation sites is 3. The average molecular weight is 493 g/mol. The van der Waals surface area contributed by atoms with Crippen molar-refractivity contribution in [2.75, 3.05) is 0 Å². The molecular weight excluding hydrogens is 471 g/mol. The topological polar surface area (TPSA) is 43.6 Å². The number of benzene rings is 5. The smallest absolute Gasteiger partial charge is 0.166 e. The van der Waals surface area contributed by atoms with Gasteiger partial charge in [-0.1, -0.05) is 103 Å². The molecular formula is C33H21FN4. The molecule has 2 heterocycles. The van der Waals surface area contributed by atoms with E-state index in [1.165, 1.54) is 6.07 Å². The Morgan fingerprint density at radius 3 is 1.47 bits per heavy atom. The van der Waals surface area contributed by atoms with Crippen molar-refractivity contribution < 1.29 is 4.39 Å². The molecule has 0 aliphatic rings. The van der Waals surface area contributed by atoms with Gasteiger partial charge >= 0.3 is 0 Å². The molecule has 0 amide bonds. The van der Waals surface area contributed by atoms with Gasteiger partial charge in [0.15, 0.2) is 17.5 Å². The molecule has 0 N–H and O–H groups in total. The highest BCUT2D eigenvalue weighted by Crippen LogP contribution is 2.37. The fraction of sp³-hybridized carbons (Fsp3) is 0. The van der Waals surface area contributed by atoms with Crippen molar-refractivity contribution in [3.8, 4) is 39.9 Å². The zero-order chi connectivity index (χ0) is 25.5. The fourth-order valence-electron chi connectivity index (χ4n) is 5.02. The highest BCUT2D eigenvalue weighted by atomic mass is 19.1. The third-order valence-corrected chi connectivity index (χ3v) is 6.73. The first-order valence-electron chi connectivity index (χ1n) is 12.4. The van der Waals surface area contributed by atoms with Crippen LogP contribution in [0.5, 0.6) is 0 Å². The minimum absolute atomic E-state index is 0.350. The summed E-state index contributed by atoms with van der Waals surface area (Å²) in [5, 5.41) is 2.12. The molecule has 0 fully saturated rings. The van der Waals surface area contributed by atoms with Gasteiger partial charge in [-0.05, 0) is 24.3 Å². The molecule has 38 heavy (non-hydrogen) atoms. The summed E-state index contributed by atoms with van der Waals surface area (Å²) in [6.07, 6.45) is 0. The Morgan fingerprint density at radius 1 is 0.447 bits per heavy atom. The van der Waals surface area contributed by atoms with Crippen molar-refractivity contribution in [2.24, 2.45) is 0 Å². The highest BCUT2D eigenvalue weighted by Gasteiger charge is 2.21. The predicted molar refractivity (Wildman–Crippen MR) is 150 cm³/mol. The molecule has 0 spiro atoms. The molecule has 7 aromatic rings. The summed E-state index contributed by atoms with van der Waals surface area (Å²) < 4.78 is 17.9. The Hall–Kier alpha value is -5.16. The SMILES string of the molecule is Fc1cccc(-c2nc(-c3ccccc3)nc(-c3ccccc3)n2)c1-n1c2ccccc2c2ccccc21. The fourth-order valence-corrected chi connectivity index (χ4v) is 5.02. The third-order valence-electron chi connectivity index (χ3n) is 6.73. The summed E-state index contributed by atoms with van der Waals surface area (Å²) in [6.45, 7) is 0. The van der Waals surface area contributed by atoms with Gasteiger partial charge < -0.3 is 4.57 Å². The molecule has 0 aliphatic heterocycles. The summed E-state index contributed by atoms with van der Waals surface area (Å²) >= 11 is 0. The lowest BCUT2D eigenvalue weighted by Crippen LogP contribution is -2.05. The van der Waals surface area contributed by atoms with E-state index in [9.17, 15) is 0 Å². The number of halogens is 1. The number of rotatable bonds is 4. The van der Waals surface area contributed by atoms with Gasteiger partial charge in [0.25, 0.3) is 0 Å². The maximum absolute atomic E-state index is 15.9. The van der Waals surface area contributed by atoms with Crippen LogP contribution in [0.2, 0.25) is 0 Å². The second-order valence-electron chi connectivity index (χ2n) is 9.04. The predicted octanol–water partition coefficient (Wildman–Crippen LogP) is 8.11. The number of aromatic nitrogens is 4. The van der Waals surface area contributed by atoms with Crippen molar-refractivity contribution >= 4 is 21.8 Å². The van der Waals surface area contributed by atoms with Gasteiger partial charge in [0, 0.05) is 27.5 Å². The van der Waals surface area contributed by atoms with Crippen molar-refractivity contribution in [1.29, 1.82) is 0 Å². The monoisotopic (exact) mass is 492 g/mol. The lowest BCUT2D eigenvalue weighted by atomic mass is 10.1.